The highest BCUT2D eigenvalue weighted by atomic mass is 19.1. The van der Waals surface area contributed by atoms with Gasteiger partial charge in [-0.25, -0.2) is 4.39 Å². The van der Waals surface area contributed by atoms with Gasteiger partial charge >= 0.3 is 0 Å². The van der Waals surface area contributed by atoms with Gasteiger partial charge in [-0.05, 0) is 46.7 Å². The second-order valence-electron chi connectivity index (χ2n) is 6.09. The maximum absolute atomic E-state index is 13.7. The van der Waals surface area contributed by atoms with E-state index < -0.39 is 0 Å². The molecule has 130 valence electrons. The Kier molecular flexibility index (Phi) is 4.66. The number of pyridine rings is 1. The lowest BCUT2D eigenvalue weighted by Gasteiger charge is -2.09. The van der Waals surface area contributed by atoms with E-state index in [1.165, 1.54) is 6.07 Å². The van der Waals surface area contributed by atoms with Crippen LogP contribution in [-0.2, 0) is 13.0 Å². The van der Waals surface area contributed by atoms with E-state index in [2.05, 4.69) is 39.0 Å². The van der Waals surface area contributed by atoms with E-state index in [1.807, 2.05) is 36.5 Å². The zero-order valence-corrected chi connectivity index (χ0v) is 14.1. The topological polar surface area (TPSA) is 55.1 Å². The highest BCUT2D eigenvalue weighted by Crippen LogP contribution is 2.21. The summed E-state index contributed by atoms with van der Waals surface area (Å²) in [5.41, 5.74) is 4.61. The monoisotopic (exact) mass is 347 g/mol. The Bertz CT molecular complexity index is 1010. The van der Waals surface area contributed by atoms with Crippen LogP contribution in [0.25, 0.3) is 16.8 Å². The van der Waals surface area contributed by atoms with Crippen LogP contribution >= 0.6 is 0 Å². The van der Waals surface area contributed by atoms with Crippen molar-refractivity contribution >= 4 is 5.65 Å². The molecule has 0 amide bonds. The normalized spacial score (nSPS) is 11.1. The summed E-state index contributed by atoms with van der Waals surface area (Å²) in [6.45, 7) is 1.28. The Labute approximate surface area is 150 Å². The van der Waals surface area contributed by atoms with E-state index in [9.17, 15) is 4.39 Å². The molecule has 2 aromatic heterocycles. The van der Waals surface area contributed by atoms with Gasteiger partial charge in [-0.1, -0.05) is 48.5 Å². The summed E-state index contributed by atoms with van der Waals surface area (Å²) < 4.78 is 15.4. The number of tetrazole rings is 1. The average molecular weight is 347 g/mol. The van der Waals surface area contributed by atoms with Crippen LogP contribution in [0.3, 0.4) is 0 Å². The van der Waals surface area contributed by atoms with Gasteiger partial charge in [0.2, 0.25) is 0 Å². The van der Waals surface area contributed by atoms with Crippen LogP contribution in [0.4, 0.5) is 4.39 Å². The molecule has 4 rings (SSSR count). The molecule has 0 spiro atoms. The molecule has 5 nitrogen and oxygen atoms in total. The minimum Gasteiger partial charge on any atom is -0.312 e. The largest absolute Gasteiger partial charge is 0.312 e. The molecule has 2 heterocycles. The van der Waals surface area contributed by atoms with Crippen molar-refractivity contribution in [3.05, 3.63) is 83.8 Å². The lowest BCUT2D eigenvalue weighted by molar-refractivity contribution is 0.598. The van der Waals surface area contributed by atoms with Gasteiger partial charge in [0.05, 0.1) is 0 Å². The molecule has 0 aliphatic heterocycles. The maximum Gasteiger partial charge on any atom is 0.183 e. The van der Waals surface area contributed by atoms with Gasteiger partial charge in [0.15, 0.2) is 5.65 Å². The highest BCUT2D eigenvalue weighted by Gasteiger charge is 2.09. The quantitative estimate of drug-likeness (QED) is 0.544. The second-order valence-corrected chi connectivity index (χ2v) is 6.09. The number of rotatable bonds is 6. The zero-order valence-electron chi connectivity index (χ0n) is 14.1. The maximum atomic E-state index is 13.7. The van der Waals surface area contributed by atoms with Crippen LogP contribution < -0.4 is 5.32 Å². The summed E-state index contributed by atoms with van der Waals surface area (Å²) >= 11 is 0. The van der Waals surface area contributed by atoms with Gasteiger partial charge in [-0.2, -0.15) is 4.52 Å². The van der Waals surface area contributed by atoms with Crippen molar-refractivity contribution in [3.8, 4) is 11.1 Å². The predicted molar refractivity (Wildman–Crippen MR) is 98.0 cm³/mol. The third-order valence-corrected chi connectivity index (χ3v) is 4.32. The molecule has 4 aromatic rings. The molecule has 0 radical (unpaired) electrons. The van der Waals surface area contributed by atoms with Crippen LogP contribution in [0, 0.1) is 5.82 Å². The molecule has 2 aromatic carbocycles. The first-order chi connectivity index (χ1) is 12.8. The first-order valence-electron chi connectivity index (χ1n) is 8.51. The van der Waals surface area contributed by atoms with Crippen molar-refractivity contribution < 1.29 is 4.39 Å². The Morgan fingerprint density at radius 1 is 0.923 bits per heavy atom. The van der Waals surface area contributed by atoms with E-state index in [0.29, 0.717) is 25.1 Å². The Morgan fingerprint density at radius 2 is 1.73 bits per heavy atom. The van der Waals surface area contributed by atoms with E-state index in [1.54, 1.807) is 10.6 Å². The fourth-order valence-electron chi connectivity index (χ4n) is 2.98. The molecule has 0 atom stereocenters. The molecule has 0 aliphatic carbocycles. The number of nitrogens with one attached hydrogen (secondary N) is 1. The fourth-order valence-corrected chi connectivity index (χ4v) is 2.98. The molecule has 0 saturated carbocycles. The molecule has 6 heteroatoms. The van der Waals surface area contributed by atoms with Crippen LogP contribution in [0.2, 0.25) is 0 Å². The first kappa shape index (κ1) is 16.4. The number of halogens is 1. The molecular weight excluding hydrogens is 329 g/mol. The molecule has 0 fully saturated rings. The summed E-state index contributed by atoms with van der Waals surface area (Å²) in [7, 11) is 0. The molecule has 0 saturated heterocycles. The first-order valence-corrected chi connectivity index (χ1v) is 8.51. The van der Waals surface area contributed by atoms with Crippen molar-refractivity contribution in [1.82, 2.24) is 25.4 Å². The Balaban J connectivity index is 1.51. The smallest absolute Gasteiger partial charge is 0.183 e. The van der Waals surface area contributed by atoms with Gasteiger partial charge < -0.3 is 5.32 Å². The van der Waals surface area contributed by atoms with Crippen molar-refractivity contribution in [2.75, 3.05) is 6.54 Å². The molecule has 0 bridgehead atoms. The summed E-state index contributed by atoms with van der Waals surface area (Å²) in [5, 5.41) is 15.3. The second kappa shape index (κ2) is 7.41. The average Bonchev–Trinajstić information content (AvgIpc) is 3.16. The minimum absolute atomic E-state index is 0.163. The minimum atomic E-state index is -0.163. The van der Waals surface area contributed by atoms with Crippen molar-refractivity contribution in [2.45, 2.75) is 13.0 Å². The van der Waals surface area contributed by atoms with Crippen molar-refractivity contribution in [2.24, 2.45) is 0 Å². The molecular formula is C20H18FN5. The van der Waals surface area contributed by atoms with Crippen LogP contribution in [0.1, 0.15) is 11.1 Å². The molecule has 0 aliphatic rings. The lowest BCUT2D eigenvalue weighted by atomic mass is 10.1. The standard InChI is InChI=1S/C20H18FN5/c21-19-9-5-4-8-16(19)10-11-22-13-17-12-18(15-6-2-1-3-7-15)14-26-20(17)23-24-25-26/h1-9,12,14,22H,10-11,13H2. The van der Waals surface area contributed by atoms with Crippen molar-refractivity contribution in [1.29, 1.82) is 0 Å². The van der Waals surface area contributed by atoms with Gasteiger partial charge in [-0.3, -0.25) is 0 Å². The van der Waals surface area contributed by atoms with Crippen LogP contribution in [0.15, 0.2) is 66.9 Å². The van der Waals surface area contributed by atoms with E-state index in [0.717, 1.165) is 22.3 Å². The third-order valence-electron chi connectivity index (χ3n) is 4.32. The van der Waals surface area contributed by atoms with Crippen LogP contribution in [0.5, 0.6) is 0 Å². The van der Waals surface area contributed by atoms with Gasteiger partial charge in [0.25, 0.3) is 0 Å². The fraction of sp³-hybridized carbons (Fsp3) is 0.150. The summed E-state index contributed by atoms with van der Waals surface area (Å²) in [5.74, 6) is -0.163. The summed E-state index contributed by atoms with van der Waals surface area (Å²) in [6, 6.07) is 19.1. The summed E-state index contributed by atoms with van der Waals surface area (Å²) in [4.78, 5) is 0. The van der Waals surface area contributed by atoms with E-state index >= 15 is 0 Å². The Hall–Kier alpha value is -3.12. The van der Waals surface area contributed by atoms with Crippen molar-refractivity contribution in [3.63, 3.8) is 0 Å². The Morgan fingerprint density at radius 3 is 2.58 bits per heavy atom. The van der Waals surface area contributed by atoms with Gasteiger partial charge in [0.1, 0.15) is 5.82 Å². The number of hydrogen-bond acceptors (Lipinski definition) is 4. The van der Waals surface area contributed by atoms with Crippen LogP contribution in [-0.4, -0.2) is 26.6 Å². The number of aromatic nitrogens is 4. The third kappa shape index (κ3) is 3.45. The number of benzene rings is 2. The number of hydrogen-bond donors (Lipinski definition) is 1. The molecule has 26 heavy (non-hydrogen) atoms. The van der Waals surface area contributed by atoms with Gasteiger partial charge in [-0.15, -0.1) is 5.10 Å². The lowest BCUT2D eigenvalue weighted by Crippen LogP contribution is -2.18. The van der Waals surface area contributed by atoms with Gasteiger partial charge in [0, 0.05) is 23.9 Å². The SMILES string of the molecule is Fc1ccccc1CCNCc1cc(-c2ccccc2)cn2nnnc12. The highest BCUT2D eigenvalue weighted by molar-refractivity contribution is 5.66. The van der Waals surface area contributed by atoms with E-state index in [-0.39, 0.29) is 5.82 Å². The predicted octanol–water partition coefficient (Wildman–Crippen LogP) is 3.26. The summed E-state index contributed by atoms with van der Waals surface area (Å²) in [6.07, 6.45) is 2.56. The zero-order chi connectivity index (χ0) is 17.8. The van der Waals surface area contributed by atoms with E-state index in [4.69, 9.17) is 0 Å². The molecule has 0 unspecified atom stereocenters. The number of nitrogens with zero attached hydrogens (tertiary/aromatic N) is 4. The molecule has 1 N–H and O–H groups in total. The number of fused-ring (bicyclic) bond motifs is 1.